The highest BCUT2D eigenvalue weighted by Crippen LogP contribution is 2.20. The SMILES string of the molecule is CCC1(C)NCN(CC(C)N2CCCCC2)C1=O. The lowest BCUT2D eigenvalue weighted by molar-refractivity contribution is -0.132. The highest BCUT2D eigenvalue weighted by Gasteiger charge is 2.41. The van der Waals surface area contributed by atoms with Gasteiger partial charge in [0, 0.05) is 12.6 Å². The third-order valence-electron chi connectivity index (χ3n) is 4.63. The van der Waals surface area contributed by atoms with E-state index in [0.29, 0.717) is 12.7 Å². The molecule has 0 aliphatic carbocycles. The smallest absolute Gasteiger partial charge is 0.243 e. The van der Waals surface area contributed by atoms with Crippen LogP contribution in [0.15, 0.2) is 0 Å². The van der Waals surface area contributed by atoms with Gasteiger partial charge in [0.2, 0.25) is 5.91 Å². The molecular formula is C14H27N3O. The third kappa shape index (κ3) is 2.69. The van der Waals surface area contributed by atoms with E-state index in [1.165, 1.54) is 32.4 Å². The molecule has 0 aromatic rings. The van der Waals surface area contributed by atoms with Gasteiger partial charge in [0.15, 0.2) is 0 Å². The van der Waals surface area contributed by atoms with Crippen LogP contribution in [-0.2, 0) is 4.79 Å². The summed E-state index contributed by atoms with van der Waals surface area (Å²) in [4.78, 5) is 16.8. The number of carbonyl (C=O) groups excluding carboxylic acids is 1. The Bertz CT molecular complexity index is 301. The number of rotatable bonds is 4. The molecule has 2 saturated heterocycles. The number of amides is 1. The molecule has 0 spiro atoms. The van der Waals surface area contributed by atoms with Gasteiger partial charge >= 0.3 is 0 Å². The van der Waals surface area contributed by atoms with E-state index in [1.54, 1.807) is 0 Å². The van der Waals surface area contributed by atoms with Gasteiger partial charge in [-0.15, -0.1) is 0 Å². The topological polar surface area (TPSA) is 35.6 Å². The number of nitrogens with one attached hydrogen (secondary N) is 1. The molecule has 4 nitrogen and oxygen atoms in total. The maximum absolute atomic E-state index is 12.3. The van der Waals surface area contributed by atoms with Gasteiger partial charge in [-0.1, -0.05) is 13.3 Å². The molecule has 18 heavy (non-hydrogen) atoms. The molecule has 0 saturated carbocycles. The van der Waals surface area contributed by atoms with E-state index in [4.69, 9.17) is 0 Å². The first kappa shape index (κ1) is 13.8. The third-order valence-corrected chi connectivity index (χ3v) is 4.63. The van der Waals surface area contributed by atoms with Gasteiger partial charge in [0.1, 0.15) is 0 Å². The van der Waals surface area contributed by atoms with E-state index in [2.05, 4.69) is 24.1 Å². The van der Waals surface area contributed by atoms with E-state index < -0.39 is 0 Å². The molecule has 2 aliphatic heterocycles. The van der Waals surface area contributed by atoms with Crippen LogP contribution < -0.4 is 5.32 Å². The van der Waals surface area contributed by atoms with E-state index >= 15 is 0 Å². The molecule has 4 heteroatoms. The molecule has 2 rings (SSSR count). The van der Waals surface area contributed by atoms with Crippen LogP contribution in [0, 0.1) is 0 Å². The second-order valence-electron chi connectivity index (χ2n) is 5.99. The van der Waals surface area contributed by atoms with Crippen LogP contribution >= 0.6 is 0 Å². The zero-order valence-electron chi connectivity index (χ0n) is 12.0. The average molecular weight is 253 g/mol. The van der Waals surface area contributed by atoms with Crippen molar-refractivity contribution >= 4 is 5.91 Å². The number of likely N-dealkylation sites (tertiary alicyclic amines) is 1. The number of carbonyl (C=O) groups is 1. The second kappa shape index (κ2) is 5.57. The lowest BCUT2D eigenvalue weighted by Gasteiger charge is -2.34. The van der Waals surface area contributed by atoms with Crippen LogP contribution in [0.4, 0.5) is 0 Å². The van der Waals surface area contributed by atoms with Crippen molar-refractivity contribution in [3.05, 3.63) is 0 Å². The van der Waals surface area contributed by atoms with Crippen molar-refractivity contribution in [1.82, 2.24) is 15.1 Å². The molecule has 2 unspecified atom stereocenters. The van der Waals surface area contributed by atoms with E-state index in [9.17, 15) is 4.79 Å². The van der Waals surface area contributed by atoms with Crippen LogP contribution in [0.25, 0.3) is 0 Å². The minimum Gasteiger partial charge on any atom is -0.327 e. The van der Waals surface area contributed by atoms with Gasteiger partial charge < -0.3 is 4.90 Å². The Morgan fingerprint density at radius 3 is 2.56 bits per heavy atom. The van der Waals surface area contributed by atoms with Gasteiger partial charge in [-0.3, -0.25) is 15.0 Å². The van der Waals surface area contributed by atoms with Crippen molar-refractivity contribution in [3.8, 4) is 0 Å². The van der Waals surface area contributed by atoms with Crippen LogP contribution in [0.3, 0.4) is 0 Å². The standard InChI is InChI=1S/C14H27N3O/c1-4-14(3)13(18)17(11-15-14)10-12(2)16-8-6-5-7-9-16/h12,15H,4-11H2,1-3H3. The van der Waals surface area contributed by atoms with Crippen molar-refractivity contribution < 1.29 is 4.79 Å². The number of piperidine rings is 1. The van der Waals surface area contributed by atoms with Gasteiger partial charge in [-0.25, -0.2) is 0 Å². The molecule has 1 N–H and O–H groups in total. The predicted molar refractivity (Wildman–Crippen MR) is 73.3 cm³/mol. The zero-order chi connectivity index (χ0) is 13.2. The molecule has 0 aromatic heterocycles. The summed E-state index contributed by atoms with van der Waals surface area (Å²) in [6, 6.07) is 0.482. The van der Waals surface area contributed by atoms with Gasteiger partial charge in [0.25, 0.3) is 0 Å². The summed E-state index contributed by atoms with van der Waals surface area (Å²) in [5, 5.41) is 3.35. The molecular weight excluding hydrogens is 226 g/mol. The fourth-order valence-electron chi connectivity index (χ4n) is 2.98. The summed E-state index contributed by atoms with van der Waals surface area (Å²) in [6.45, 7) is 10.3. The van der Waals surface area contributed by atoms with Crippen molar-refractivity contribution in [1.29, 1.82) is 0 Å². The number of hydrogen-bond acceptors (Lipinski definition) is 3. The van der Waals surface area contributed by atoms with Crippen molar-refractivity contribution in [3.63, 3.8) is 0 Å². The Labute approximate surface area is 111 Å². The first-order valence-corrected chi connectivity index (χ1v) is 7.35. The van der Waals surface area contributed by atoms with E-state index in [-0.39, 0.29) is 11.4 Å². The van der Waals surface area contributed by atoms with Crippen LogP contribution in [0.1, 0.15) is 46.5 Å². The lowest BCUT2D eigenvalue weighted by atomic mass is 9.99. The molecule has 0 aromatic carbocycles. The fourth-order valence-corrected chi connectivity index (χ4v) is 2.98. The summed E-state index contributed by atoms with van der Waals surface area (Å²) in [5.41, 5.74) is -0.332. The van der Waals surface area contributed by atoms with Gasteiger partial charge in [0.05, 0.1) is 12.2 Å². The monoisotopic (exact) mass is 253 g/mol. The lowest BCUT2D eigenvalue weighted by Crippen LogP contribution is -2.47. The Hall–Kier alpha value is -0.610. The van der Waals surface area contributed by atoms with Crippen LogP contribution in [0.2, 0.25) is 0 Å². The van der Waals surface area contributed by atoms with Gasteiger partial charge in [-0.2, -0.15) is 0 Å². The molecule has 0 radical (unpaired) electrons. The molecule has 1 amide bonds. The highest BCUT2D eigenvalue weighted by atomic mass is 16.2. The van der Waals surface area contributed by atoms with Crippen LogP contribution in [0.5, 0.6) is 0 Å². The van der Waals surface area contributed by atoms with Crippen LogP contribution in [-0.4, -0.2) is 53.6 Å². The summed E-state index contributed by atoms with van der Waals surface area (Å²) in [6.07, 6.45) is 4.84. The van der Waals surface area contributed by atoms with Crippen molar-refractivity contribution in [2.75, 3.05) is 26.3 Å². The Morgan fingerprint density at radius 2 is 2.00 bits per heavy atom. The molecule has 2 fully saturated rings. The highest BCUT2D eigenvalue weighted by molar-refractivity contribution is 5.87. The number of hydrogen-bond donors (Lipinski definition) is 1. The summed E-state index contributed by atoms with van der Waals surface area (Å²) >= 11 is 0. The Kier molecular flexibility index (Phi) is 4.28. The Balaban J connectivity index is 1.88. The summed E-state index contributed by atoms with van der Waals surface area (Å²) < 4.78 is 0. The number of nitrogens with zero attached hydrogens (tertiary/aromatic N) is 2. The van der Waals surface area contributed by atoms with E-state index in [1.807, 2.05) is 11.8 Å². The average Bonchev–Trinajstić information content (AvgIpc) is 2.69. The normalized spacial score (nSPS) is 31.9. The van der Waals surface area contributed by atoms with Crippen molar-refractivity contribution in [2.24, 2.45) is 0 Å². The quantitative estimate of drug-likeness (QED) is 0.823. The summed E-state index contributed by atoms with van der Waals surface area (Å²) in [7, 11) is 0. The largest absolute Gasteiger partial charge is 0.327 e. The minimum absolute atomic E-state index is 0.272. The second-order valence-corrected chi connectivity index (χ2v) is 5.99. The fraction of sp³-hybridized carbons (Fsp3) is 0.929. The van der Waals surface area contributed by atoms with Gasteiger partial charge in [-0.05, 0) is 46.2 Å². The summed E-state index contributed by atoms with van der Waals surface area (Å²) in [5.74, 6) is 0.272. The molecule has 2 heterocycles. The van der Waals surface area contributed by atoms with Crippen molar-refractivity contribution in [2.45, 2.75) is 58.0 Å². The zero-order valence-corrected chi connectivity index (χ0v) is 12.0. The Morgan fingerprint density at radius 1 is 1.33 bits per heavy atom. The molecule has 104 valence electrons. The molecule has 2 atom stereocenters. The minimum atomic E-state index is -0.332. The first-order valence-electron chi connectivity index (χ1n) is 7.35. The maximum atomic E-state index is 12.3. The predicted octanol–water partition coefficient (Wildman–Crippen LogP) is 1.42. The molecule has 2 aliphatic rings. The van der Waals surface area contributed by atoms with E-state index in [0.717, 1.165) is 13.0 Å². The first-order chi connectivity index (χ1) is 8.57. The molecule has 0 bridgehead atoms. The maximum Gasteiger partial charge on any atom is 0.243 e.